The third kappa shape index (κ3) is 2.43. The minimum atomic E-state index is 0.284. The van der Waals surface area contributed by atoms with Crippen LogP contribution < -0.4 is 0 Å². The molecule has 0 saturated heterocycles. The number of hydrogen-bond acceptors (Lipinski definition) is 1. The number of benzene rings is 1. The maximum Gasteiger partial charge on any atom is 0.110 e. The van der Waals surface area contributed by atoms with Crippen molar-refractivity contribution in [3.05, 3.63) is 30.1 Å². The molecular formula is C16H21N2. The Morgan fingerprint density at radius 2 is 2.17 bits per heavy atom. The van der Waals surface area contributed by atoms with Gasteiger partial charge in [0, 0.05) is 13.0 Å². The molecule has 1 radical (unpaired) electrons. The largest absolute Gasteiger partial charge is 0.328 e. The minimum Gasteiger partial charge on any atom is -0.328 e. The lowest BCUT2D eigenvalue weighted by Gasteiger charge is -2.18. The molecule has 0 atom stereocenters. The monoisotopic (exact) mass is 241 g/mol. The van der Waals surface area contributed by atoms with Crippen molar-refractivity contribution in [1.29, 1.82) is 0 Å². The summed E-state index contributed by atoms with van der Waals surface area (Å²) in [6.07, 6.45) is 3.80. The fraction of sp³-hybridized carbons (Fsp3) is 0.562. The van der Waals surface area contributed by atoms with Crippen molar-refractivity contribution in [3.8, 4) is 0 Å². The first-order chi connectivity index (χ1) is 8.53. The summed E-state index contributed by atoms with van der Waals surface area (Å²) in [6.45, 7) is 7.98. The third-order valence-electron chi connectivity index (χ3n) is 3.50. The van der Waals surface area contributed by atoms with Crippen LogP contribution in [-0.4, -0.2) is 9.55 Å². The molecule has 0 N–H and O–H groups in total. The van der Waals surface area contributed by atoms with Crippen LogP contribution in [0.15, 0.2) is 18.2 Å². The molecule has 0 spiro atoms. The molecule has 1 aromatic heterocycles. The van der Waals surface area contributed by atoms with E-state index in [9.17, 15) is 0 Å². The standard InChI is InChI=1S/C16H21N2/c1-16(2,3)10-15-17-13-6-4-5-7-14(13)18(15)11-12-8-9-12/h5-7,12H,8-11H2,1-3H3. The zero-order valence-corrected chi connectivity index (χ0v) is 11.5. The normalized spacial score (nSPS) is 16.4. The van der Waals surface area contributed by atoms with E-state index in [1.807, 2.05) is 12.1 Å². The topological polar surface area (TPSA) is 17.8 Å². The van der Waals surface area contributed by atoms with Crippen LogP contribution in [0.2, 0.25) is 0 Å². The smallest absolute Gasteiger partial charge is 0.110 e. The van der Waals surface area contributed by atoms with Gasteiger partial charge in [-0.3, -0.25) is 0 Å². The highest BCUT2D eigenvalue weighted by atomic mass is 15.1. The van der Waals surface area contributed by atoms with E-state index in [0.717, 1.165) is 24.4 Å². The zero-order chi connectivity index (χ0) is 12.8. The van der Waals surface area contributed by atoms with Crippen molar-refractivity contribution in [1.82, 2.24) is 9.55 Å². The van der Waals surface area contributed by atoms with Gasteiger partial charge in [-0.2, -0.15) is 0 Å². The van der Waals surface area contributed by atoms with E-state index in [-0.39, 0.29) is 5.41 Å². The molecule has 0 amide bonds. The molecule has 0 unspecified atom stereocenters. The summed E-state index contributed by atoms with van der Waals surface area (Å²) in [6, 6.07) is 9.28. The van der Waals surface area contributed by atoms with Crippen LogP contribution in [0.25, 0.3) is 11.0 Å². The number of nitrogens with zero attached hydrogens (tertiary/aromatic N) is 2. The molecule has 1 aliphatic carbocycles. The molecule has 1 aliphatic rings. The lowest BCUT2D eigenvalue weighted by Crippen LogP contribution is -2.15. The van der Waals surface area contributed by atoms with Gasteiger partial charge in [-0.1, -0.05) is 26.8 Å². The van der Waals surface area contributed by atoms with Crippen molar-refractivity contribution in [3.63, 3.8) is 0 Å². The molecule has 1 saturated carbocycles. The Hall–Kier alpha value is -1.31. The summed E-state index contributed by atoms with van der Waals surface area (Å²) in [4.78, 5) is 4.81. The Labute approximate surface area is 109 Å². The van der Waals surface area contributed by atoms with Gasteiger partial charge in [0.05, 0.1) is 11.0 Å². The van der Waals surface area contributed by atoms with E-state index in [2.05, 4.69) is 37.5 Å². The zero-order valence-electron chi connectivity index (χ0n) is 11.5. The lowest BCUT2D eigenvalue weighted by atomic mass is 9.92. The maximum absolute atomic E-state index is 4.81. The van der Waals surface area contributed by atoms with Gasteiger partial charge in [0.1, 0.15) is 5.82 Å². The first-order valence-electron chi connectivity index (χ1n) is 6.88. The van der Waals surface area contributed by atoms with Gasteiger partial charge in [-0.25, -0.2) is 4.98 Å². The average Bonchev–Trinajstić information content (AvgIpc) is 3.02. The van der Waals surface area contributed by atoms with Crippen LogP contribution >= 0.6 is 0 Å². The molecule has 1 heterocycles. The molecule has 95 valence electrons. The molecule has 1 fully saturated rings. The van der Waals surface area contributed by atoms with Crippen LogP contribution in [-0.2, 0) is 13.0 Å². The first kappa shape index (κ1) is 11.8. The van der Waals surface area contributed by atoms with Gasteiger partial charge < -0.3 is 4.57 Å². The van der Waals surface area contributed by atoms with Gasteiger partial charge >= 0.3 is 0 Å². The number of imidazole rings is 1. The molecule has 2 nitrogen and oxygen atoms in total. The summed E-state index contributed by atoms with van der Waals surface area (Å²) in [5.74, 6) is 2.12. The Bertz CT molecular complexity index is 556. The van der Waals surface area contributed by atoms with E-state index in [1.165, 1.54) is 24.2 Å². The maximum atomic E-state index is 4.81. The Balaban J connectivity index is 2.04. The first-order valence-corrected chi connectivity index (χ1v) is 6.88. The number of rotatable bonds is 3. The quantitative estimate of drug-likeness (QED) is 0.798. The molecule has 0 bridgehead atoms. The molecule has 2 aromatic rings. The summed E-state index contributed by atoms with van der Waals surface area (Å²) < 4.78 is 2.44. The van der Waals surface area contributed by atoms with E-state index in [1.54, 1.807) is 0 Å². The highest BCUT2D eigenvalue weighted by Crippen LogP contribution is 2.33. The second-order valence-electron chi connectivity index (χ2n) is 6.73. The van der Waals surface area contributed by atoms with E-state index in [0.29, 0.717) is 0 Å². The number of aromatic nitrogens is 2. The van der Waals surface area contributed by atoms with Gasteiger partial charge in [0.2, 0.25) is 0 Å². The lowest BCUT2D eigenvalue weighted by molar-refractivity contribution is 0.391. The van der Waals surface area contributed by atoms with Gasteiger partial charge in [-0.05, 0) is 42.4 Å². The van der Waals surface area contributed by atoms with Gasteiger partial charge in [0.15, 0.2) is 0 Å². The Kier molecular flexibility index (Phi) is 2.69. The second-order valence-corrected chi connectivity index (χ2v) is 6.73. The fourth-order valence-corrected chi connectivity index (χ4v) is 2.44. The highest BCUT2D eigenvalue weighted by molar-refractivity contribution is 5.75. The van der Waals surface area contributed by atoms with E-state index in [4.69, 9.17) is 4.98 Å². The van der Waals surface area contributed by atoms with Crippen molar-refractivity contribution < 1.29 is 0 Å². The van der Waals surface area contributed by atoms with Crippen LogP contribution in [0, 0.1) is 17.4 Å². The van der Waals surface area contributed by atoms with Crippen LogP contribution in [0.5, 0.6) is 0 Å². The molecule has 0 aliphatic heterocycles. The Morgan fingerprint density at radius 3 is 2.83 bits per heavy atom. The summed E-state index contributed by atoms with van der Waals surface area (Å²) in [7, 11) is 0. The van der Waals surface area contributed by atoms with Crippen LogP contribution in [0.4, 0.5) is 0 Å². The predicted molar refractivity (Wildman–Crippen MR) is 74.5 cm³/mol. The van der Waals surface area contributed by atoms with Crippen molar-refractivity contribution in [2.24, 2.45) is 11.3 Å². The fourth-order valence-electron chi connectivity index (χ4n) is 2.44. The molecule has 3 rings (SSSR count). The number of hydrogen-bond donors (Lipinski definition) is 0. The highest BCUT2D eigenvalue weighted by Gasteiger charge is 2.25. The predicted octanol–water partition coefficient (Wildman–Crippen LogP) is 3.84. The minimum absolute atomic E-state index is 0.284. The van der Waals surface area contributed by atoms with Crippen molar-refractivity contribution in [2.45, 2.75) is 46.6 Å². The van der Waals surface area contributed by atoms with E-state index >= 15 is 0 Å². The second kappa shape index (κ2) is 4.11. The molecule has 2 heteroatoms. The summed E-state index contributed by atoms with van der Waals surface area (Å²) in [5.41, 5.74) is 2.66. The van der Waals surface area contributed by atoms with Gasteiger partial charge in [-0.15, -0.1) is 0 Å². The third-order valence-corrected chi connectivity index (χ3v) is 3.50. The number of fused-ring (bicyclic) bond motifs is 1. The molecule has 18 heavy (non-hydrogen) atoms. The average molecular weight is 241 g/mol. The molecular weight excluding hydrogens is 220 g/mol. The van der Waals surface area contributed by atoms with Crippen molar-refractivity contribution >= 4 is 11.0 Å². The van der Waals surface area contributed by atoms with Gasteiger partial charge in [0.25, 0.3) is 0 Å². The van der Waals surface area contributed by atoms with Crippen LogP contribution in [0.1, 0.15) is 39.4 Å². The van der Waals surface area contributed by atoms with E-state index < -0.39 is 0 Å². The summed E-state index contributed by atoms with van der Waals surface area (Å²) >= 11 is 0. The van der Waals surface area contributed by atoms with Crippen molar-refractivity contribution in [2.75, 3.05) is 0 Å². The summed E-state index contributed by atoms with van der Waals surface area (Å²) in [5, 5.41) is 0. The molecule has 1 aromatic carbocycles. The van der Waals surface area contributed by atoms with Crippen LogP contribution in [0.3, 0.4) is 0 Å². The SMILES string of the molecule is CC(C)(C)Cc1nc2c[c]ccc2n1CC1CC1. The Morgan fingerprint density at radius 1 is 1.39 bits per heavy atom.